The maximum Gasteiger partial charge on any atom is 0.201 e. The number of hydrogen-bond donors (Lipinski definition) is 1. The lowest BCUT2D eigenvalue weighted by molar-refractivity contribution is 0.415. The quantitative estimate of drug-likeness (QED) is 0.282. The largest absolute Gasteiger partial charge is 0.497 e. The van der Waals surface area contributed by atoms with Gasteiger partial charge in [0, 0.05) is 5.56 Å². The van der Waals surface area contributed by atoms with Gasteiger partial charge in [-0.15, -0.1) is 10.2 Å². The summed E-state index contributed by atoms with van der Waals surface area (Å²) in [5.41, 5.74) is 5.40. The number of methoxy groups -OCH3 is 2. The Balaban J connectivity index is 1.82. The first-order valence-corrected chi connectivity index (χ1v) is 8.37. The number of hydrogen-bond acceptors (Lipinski definition) is 5. The monoisotopic (exact) mass is 360 g/mol. The van der Waals surface area contributed by atoms with Crippen LogP contribution in [0.15, 0.2) is 94.2 Å². The first-order chi connectivity index (χ1) is 13.3. The van der Waals surface area contributed by atoms with Crippen LogP contribution in [-0.4, -0.2) is 20.1 Å². The van der Waals surface area contributed by atoms with E-state index in [1.54, 1.807) is 14.2 Å². The van der Waals surface area contributed by atoms with E-state index in [0.717, 1.165) is 22.7 Å². The number of rotatable bonds is 6. The number of ether oxygens (including phenoxy) is 2. The molecule has 0 aliphatic heterocycles. The second kappa shape index (κ2) is 9.15. The number of amidine groups is 1. The zero-order valence-electron chi connectivity index (χ0n) is 15.2. The van der Waals surface area contributed by atoms with Gasteiger partial charge in [-0.25, -0.2) is 0 Å². The average Bonchev–Trinajstić information content (AvgIpc) is 2.75. The first kappa shape index (κ1) is 18.1. The van der Waals surface area contributed by atoms with Gasteiger partial charge in [-0.05, 0) is 48.5 Å². The van der Waals surface area contributed by atoms with Gasteiger partial charge >= 0.3 is 0 Å². The lowest BCUT2D eigenvalue weighted by Crippen LogP contribution is -2.01. The van der Waals surface area contributed by atoms with Crippen molar-refractivity contribution in [3.05, 3.63) is 84.4 Å². The van der Waals surface area contributed by atoms with E-state index in [-0.39, 0.29) is 0 Å². The Morgan fingerprint density at radius 3 is 1.93 bits per heavy atom. The van der Waals surface area contributed by atoms with Gasteiger partial charge in [-0.1, -0.05) is 30.3 Å². The molecule has 0 bridgehead atoms. The van der Waals surface area contributed by atoms with Crippen molar-refractivity contribution in [3.63, 3.8) is 0 Å². The fourth-order valence-corrected chi connectivity index (χ4v) is 2.27. The molecule has 3 aromatic carbocycles. The predicted octanol–water partition coefficient (Wildman–Crippen LogP) is 5.26. The molecule has 0 aromatic heterocycles. The molecular formula is C21H20N4O2. The molecular weight excluding hydrogens is 340 g/mol. The van der Waals surface area contributed by atoms with Crippen LogP contribution in [0.4, 0.5) is 11.4 Å². The molecule has 3 aromatic rings. The van der Waals surface area contributed by atoms with Crippen LogP contribution in [0.3, 0.4) is 0 Å². The van der Waals surface area contributed by atoms with Crippen LogP contribution in [0.5, 0.6) is 11.5 Å². The Labute approximate surface area is 158 Å². The minimum absolute atomic E-state index is 0.474. The highest BCUT2D eigenvalue weighted by molar-refractivity contribution is 5.99. The van der Waals surface area contributed by atoms with Crippen LogP contribution in [0, 0.1) is 0 Å². The Hall–Kier alpha value is -3.67. The minimum atomic E-state index is 0.474. The highest BCUT2D eigenvalue weighted by Crippen LogP contribution is 2.19. The van der Waals surface area contributed by atoms with E-state index in [0.29, 0.717) is 11.5 Å². The third-order valence-corrected chi connectivity index (χ3v) is 3.75. The van der Waals surface area contributed by atoms with Crippen molar-refractivity contribution in [2.24, 2.45) is 15.3 Å². The van der Waals surface area contributed by atoms with Crippen molar-refractivity contribution in [1.82, 2.24) is 0 Å². The zero-order chi connectivity index (χ0) is 18.9. The smallest absolute Gasteiger partial charge is 0.201 e. The Morgan fingerprint density at radius 2 is 1.33 bits per heavy atom. The molecule has 27 heavy (non-hydrogen) atoms. The van der Waals surface area contributed by atoms with Crippen LogP contribution in [0.2, 0.25) is 0 Å². The van der Waals surface area contributed by atoms with Crippen molar-refractivity contribution in [2.75, 3.05) is 19.6 Å². The van der Waals surface area contributed by atoms with Gasteiger partial charge in [-0.2, -0.15) is 5.10 Å². The summed E-state index contributed by atoms with van der Waals surface area (Å²) in [5.74, 6) is 2.03. The van der Waals surface area contributed by atoms with Gasteiger partial charge in [0.1, 0.15) is 11.5 Å². The standard InChI is InChI=1S/C21H20N4O2/c1-26-19-12-8-17(9-13-19)22-24-21(16-6-4-3-5-7-16)25-23-18-10-14-20(27-2)15-11-18/h3-15,22H,1-2H3/b24-21-,25-23+. The van der Waals surface area contributed by atoms with Crippen molar-refractivity contribution >= 4 is 17.2 Å². The van der Waals surface area contributed by atoms with Crippen molar-refractivity contribution in [1.29, 1.82) is 0 Å². The summed E-state index contributed by atoms with van der Waals surface area (Å²) in [4.78, 5) is 0. The lowest BCUT2D eigenvalue weighted by atomic mass is 10.2. The molecule has 0 saturated carbocycles. The fraction of sp³-hybridized carbons (Fsp3) is 0.0952. The van der Waals surface area contributed by atoms with E-state index < -0.39 is 0 Å². The highest BCUT2D eigenvalue weighted by atomic mass is 16.5. The summed E-state index contributed by atoms with van der Waals surface area (Å²) in [6.07, 6.45) is 0. The molecule has 0 atom stereocenters. The SMILES string of the molecule is COc1ccc(/N=N/C(=N\Nc2ccc(OC)cc2)c2ccccc2)cc1. The molecule has 3 rings (SSSR count). The number of hydrazone groups is 1. The molecule has 0 aliphatic rings. The molecule has 1 N–H and O–H groups in total. The highest BCUT2D eigenvalue weighted by Gasteiger charge is 2.03. The first-order valence-electron chi connectivity index (χ1n) is 8.37. The molecule has 0 aliphatic carbocycles. The molecule has 0 heterocycles. The summed E-state index contributed by atoms with van der Waals surface area (Å²) in [6, 6.07) is 24.5. The molecule has 6 heteroatoms. The van der Waals surface area contributed by atoms with E-state index >= 15 is 0 Å². The minimum Gasteiger partial charge on any atom is -0.497 e. The second-order valence-electron chi connectivity index (χ2n) is 5.54. The number of benzene rings is 3. The van der Waals surface area contributed by atoms with E-state index in [9.17, 15) is 0 Å². The van der Waals surface area contributed by atoms with Crippen molar-refractivity contribution < 1.29 is 9.47 Å². The van der Waals surface area contributed by atoms with Crippen LogP contribution in [-0.2, 0) is 0 Å². The molecule has 0 amide bonds. The Kier molecular flexibility index (Phi) is 6.14. The molecule has 0 radical (unpaired) electrons. The molecule has 0 saturated heterocycles. The molecule has 0 unspecified atom stereocenters. The lowest BCUT2D eigenvalue weighted by Gasteiger charge is -2.05. The number of anilines is 1. The fourth-order valence-electron chi connectivity index (χ4n) is 2.27. The Bertz CT molecular complexity index is 905. The third-order valence-electron chi connectivity index (χ3n) is 3.75. The normalized spacial score (nSPS) is 11.4. The van der Waals surface area contributed by atoms with Crippen LogP contribution in [0.1, 0.15) is 5.56 Å². The van der Waals surface area contributed by atoms with Gasteiger partial charge < -0.3 is 9.47 Å². The predicted molar refractivity (Wildman–Crippen MR) is 107 cm³/mol. The third kappa shape index (κ3) is 5.15. The number of azo groups is 1. The summed E-state index contributed by atoms with van der Waals surface area (Å²) in [6.45, 7) is 0. The van der Waals surface area contributed by atoms with Crippen LogP contribution < -0.4 is 14.9 Å². The maximum absolute atomic E-state index is 5.16. The summed E-state index contributed by atoms with van der Waals surface area (Å²) >= 11 is 0. The van der Waals surface area contributed by atoms with E-state index in [2.05, 4.69) is 20.8 Å². The van der Waals surface area contributed by atoms with Gasteiger partial charge in [0.05, 0.1) is 25.6 Å². The van der Waals surface area contributed by atoms with E-state index in [4.69, 9.17) is 9.47 Å². The van der Waals surface area contributed by atoms with Gasteiger partial charge in [0.2, 0.25) is 5.84 Å². The molecule has 0 fully saturated rings. The second-order valence-corrected chi connectivity index (χ2v) is 5.54. The Morgan fingerprint density at radius 1 is 0.741 bits per heavy atom. The summed E-state index contributed by atoms with van der Waals surface area (Å²) < 4.78 is 10.3. The molecule has 136 valence electrons. The van der Waals surface area contributed by atoms with Crippen LogP contribution >= 0.6 is 0 Å². The van der Waals surface area contributed by atoms with E-state index in [1.807, 2.05) is 78.9 Å². The van der Waals surface area contributed by atoms with Crippen LogP contribution in [0.25, 0.3) is 0 Å². The zero-order valence-corrected chi connectivity index (χ0v) is 15.2. The van der Waals surface area contributed by atoms with Gasteiger partial charge in [0.25, 0.3) is 0 Å². The average molecular weight is 360 g/mol. The van der Waals surface area contributed by atoms with Gasteiger partial charge in [0.15, 0.2) is 0 Å². The summed E-state index contributed by atoms with van der Waals surface area (Å²) in [7, 11) is 3.26. The topological polar surface area (TPSA) is 67.6 Å². The van der Waals surface area contributed by atoms with Gasteiger partial charge in [-0.3, -0.25) is 5.43 Å². The number of nitrogens with zero attached hydrogens (tertiary/aromatic N) is 3. The summed E-state index contributed by atoms with van der Waals surface area (Å²) in [5, 5.41) is 13.0. The molecule has 0 spiro atoms. The van der Waals surface area contributed by atoms with Crippen molar-refractivity contribution in [3.8, 4) is 11.5 Å². The van der Waals surface area contributed by atoms with Crippen molar-refractivity contribution in [2.45, 2.75) is 0 Å². The molecule has 6 nitrogen and oxygen atoms in total. The number of nitrogens with one attached hydrogen (secondary N) is 1. The van der Waals surface area contributed by atoms with E-state index in [1.165, 1.54) is 0 Å². The maximum atomic E-state index is 5.16.